The van der Waals surface area contributed by atoms with Crippen LogP contribution in [-0.2, 0) is 0 Å². The Morgan fingerprint density at radius 3 is 2.47 bits per heavy atom. The fourth-order valence-corrected chi connectivity index (χ4v) is 2.94. The van der Waals surface area contributed by atoms with Crippen LogP contribution in [0.2, 0.25) is 0 Å². The Morgan fingerprint density at radius 2 is 2.00 bits per heavy atom. The first-order chi connectivity index (χ1) is 7.89. The monoisotopic (exact) mass is 246 g/mol. The molecule has 1 saturated carbocycles. The van der Waals surface area contributed by atoms with Gasteiger partial charge in [0.1, 0.15) is 0 Å². The van der Waals surface area contributed by atoms with E-state index in [4.69, 9.17) is 0 Å². The van der Waals surface area contributed by atoms with Crippen LogP contribution in [0, 0.1) is 5.92 Å². The first-order valence-electron chi connectivity index (χ1n) is 6.68. The third-order valence-electron chi connectivity index (χ3n) is 4.75. The highest BCUT2D eigenvalue weighted by Gasteiger charge is 2.49. The van der Waals surface area contributed by atoms with E-state index in [0.717, 1.165) is 19.5 Å². The highest BCUT2D eigenvalue weighted by atomic mass is 19.3. The summed E-state index contributed by atoms with van der Waals surface area (Å²) in [7, 11) is 0. The molecular weight excluding hydrogens is 222 g/mol. The molecule has 1 aliphatic carbocycles. The predicted molar refractivity (Wildman–Crippen MR) is 65.4 cm³/mol. The van der Waals surface area contributed by atoms with Crippen LogP contribution in [0.5, 0.6) is 0 Å². The lowest BCUT2D eigenvalue weighted by Gasteiger charge is -2.52. The molecule has 0 spiro atoms. The molecule has 2 nitrogen and oxygen atoms in total. The molecule has 0 bridgehead atoms. The first-order valence-corrected chi connectivity index (χ1v) is 6.68. The van der Waals surface area contributed by atoms with Gasteiger partial charge in [-0.15, -0.1) is 0 Å². The van der Waals surface area contributed by atoms with Crippen molar-refractivity contribution in [3.05, 3.63) is 0 Å². The normalized spacial score (nSPS) is 39.9. The summed E-state index contributed by atoms with van der Waals surface area (Å²) in [5, 5.41) is 3.62. The Morgan fingerprint density at radius 1 is 1.35 bits per heavy atom. The minimum absolute atomic E-state index is 0.0452. The molecule has 4 heteroatoms. The van der Waals surface area contributed by atoms with Gasteiger partial charge in [-0.25, -0.2) is 8.78 Å². The molecule has 2 unspecified atom stereocenters. The topological polar surface area (TPSA) is 15.3 Å². The minimum Gasteiger partial charge on any atom is -0.308 e. The van der Waals surface area contributed by atoms with Crippen molar-refractivity contribution in [3.8, 4) is 0 Å². The molecule has 17 heavy (non-hydrogen) atoms. The van der Waals surface area contributed by atoms with E-state index >= 15 is 0 Å². The minimum atomic E-state index is -2.23. The van der Waals surface area contributed by atoms with Gasteiger partial charge in [0.2, 0.25) is 0 Å². The Hall–Kier alpha value is -0.220. The summed E-state index contributed by atoms with van der Waals surface area (Å²) < 4.78 is 25.4. The number of rotatable bonds is 4. The molecule has 1 heterocycles. The summed E-state index contributed by atoms with van der Waals surface area (Å²) in [6, 6.07) is 0. The number of hydrogen-bond acceptors (Lipinski definition) is 2. The van der Waals surface area contributed by atoms with E-state index < -0.39 is 6.43 Å². The van der Waals surface area contributed by atoms with Crippen molar-refractivity contribution in [2.75, 3.05) is 19.6 Å². The molecule has 1 saturated heterocycles. The molecule has 0 aromatic carbocycles. The van der Waals surface area contributed by atoms with Gasteiger partial charge >= 0.3 is 0 Å². The first kappa shape index (κ1) is 13.2. The molecule has 0 aromatic rings. The van der Waals surface area contributed by atoms with Crippen molar-refractivity contribution in [1.82, 2.24) is 10.2 Å². The number of nitrogens with one attached hydrogen (secondary N) is 1. The number of halogens is 2. The van der Waals surface area contributed by atoms with Gasteiger partial charge in [-0.1, -0.05) is 6.92 Å². The second-order valence-electron chi connectivity index (χ2n) is 6.17. The molecule has 2 atom stereocenters. The maximum atomic E-state index is 12.7. The molecule has 2 rings (SSSR count). The molecule has 1 aliphatic heterocycles. The van der Waals surface area contributed by atoms with Crippen molar-refractivity contribution < 1.29 is 8.78 Å². The van der Waals surface area contributed by atoms with Crippen molar-refractivity contribution in [3.63, 3.8) is 0 Å². The zero-order chi connectivity index (χ0) is 12.7. The van der Waals surface area contributed by atoms with Crippen molar-refractivity contribution in [2.24, 2.45) is 5.92 Å². The van der Waals surface area contributed by atoms with Crippen molar-refractivity contribution in [2.45, 2.75) is 57.5 Å². The highest BCUT2D eigenvalue weighted by molar-refractivity contribution is 5.07. The van der Waals surface area contributed by atoms with Crippen LogP contribution in [0.3, 0.4) is 0 Å². The number of piperazine rings is 1. The van der Waals surface area contributed by atoms with Gasteiger partial charge in [0.05, 0.1) is 6.54 Å². The van der Waals surface area contributed by atoms with Crippen LogP contribution in [-0.4, -0.2) is 42.0 Å². The third kappa shape index (κ3) is 2.63. The van der Waals surface area contributed by atoms with E-state index in [1.165, 1.54) is 12.8 Å². The summed E-state index contributed by atoms with van der Waals surface area (Å²) in [4.78, 5) is 2.01. The van der Waals surface area contributed by atoms with Crippen molar-refractivity contribution >= 4 is 0 Å². The van der Waals surface area contributed by atoms with Crippen LogP contribution in [0.1, 0.15) is 40.0 Å². The van der Waals surface area contributed by atoms with E-state index in [0.29, 0.717) is 5.92 Å². The smallest absolute Gasteiger partial charge is 0.251 e. The van der Waals surface area contributed by atoms with E-state index in [1.54, 1.807) is 0 Å². The lowest BCUT2D eigenvalue weighted by atomic mass is 9.84. The zero-order valence-corrected chi connectivity index (χ0v) is 11.1. The number of nitrogens with zero attached hydrogens (tertiary/aromatic N) is 1. The summed E-state index contributed by atoms with van der Waals surface area (Å²) >= 11 is 0. The Kier molecular flexibility index (Phi) is 3.47. The third-order valence-corrected chi connectivity index (χ3v) is 4.75. The fourth-order valence-electron chi connectivity index (χ4n) is 2.94. The zero-order valence-electron chi connectivity index (χ0n) is 11.1. The molecule has 0 aromatic heterocycles. The molecule has 0 amide bonds. The Balaban J connectivity index is 2.09. The quantitative estimate of drug-likeness (QED) is 0.820. The average molecular weight is 246 g/mol. The Bertz CT molecular complexity index is 281. The van der Waals surface area contributed by atoms with E-state index in [-0.39, 0.29) is 17.6 Å². The fraction of sp³-hybridized carbons (Fsp3) is 1.00. The van der Waals surface area contributed by atoms with Crippen LogP contribution in [0.15, 0.2) is 0 Å². The van der Waals surface area contributed by atoms with E-state index in [2.05, 4.69) is 26.1 Å². The van der Waals surface area contributed by atoms with Crippen LogP contribution < -0.4 is 5.32 Å². The van der Waals surface area contributed by atoms with Gasteiger partial charge in [-0.3, -0.25) is 4.90 Å². The van der Waals surface area contributed by atoms with Gasteiger partial charge in [-0.05, 0) is 39.0 Å². The lowest BCUT2D eigenvalue weighted by molar-refractivity contribution is -0.0277. The van der Waals surface area contributed by atoms with E-state index in [1.807, 2.05) is 4.90 Å². The van der Waals surface area contributed by atoms with E-state index in [9.17, 15) is 8.78 Å². The average Bonchev–Trinajstić information content (AvgIpc) is 3.07. The highest BCUT2D eigenvalue weighted by Crippen LogP contribution is 2.43. The van der Waals surface area contributed by atoms with Gasteiger partial charge in [0, 0.05) is 24.2 Å². The SMILES string of the molecule is CCC1(C)CNC(C)(C2CC2)CN1CC(F)F. The largest absolute Gasteiger partial charge is 0.308 e. The molecule has 0 radical (unpaired) electrons. The summed E-state index contributed by atoms with van der Waals surface area (Å²) in [6.07, 6.45) is 1.17. The van der Waals surface area contributed by atoms with Crippen LogP contribution in [0.4, 0.5) is 8.78 Å². The van der Waals surface area contributed by atoms with Gasteiger partial charge < -0.3 is 5.32 Å². The molecule has 100 valence electrons. The lowest BCUT2D eigenvalue weighted by Crippen LogP contribution is -2.69. The maximum absolute atomic E-state index is 12.7. The summed E-state index contributed by atoms with van der Waals surface area (Å²) in [5.41, 5.74) is -0.0750. The second kappa shape index (κ2) is 4.47. The summed E-state index contributed by atoms with van der Waals surface area (Å²) in [5.74, 6) is 0.684. The maximum Gasteiger partial charge on any atom is 0.251 e. The van der Waals surface area contributed by atoms with Gasteiger partial charge in [0.25, 0.3) is 6.43 Å². The summed E-state index contributed by atoms with van der Waals surface area (Å²) in [6.45, 7) is 7.86. The molecule has 1 N–H and O–H groups in total. The van der Waals surface area contributed by atoms with Gasteiger partial charge in [0.15, 0.2) is 0 Å². The predicted octanol–water partition coefficient (Wildman–Crippen LogP) is 2.49. The van der Waals surface area contributed by atoms with Gasteiger partial charge in [-0.2, -0.15) is 0 Å². The standard InChI is InChI=1S/C13H24F2N2/c1-4-12(2)8-16-13(3,10-5-6-10)9-17(12)7-11(14)15/h10-11,16H,4-9H2,1-3H3. The number of hydrogen-bond donors (Lipinski definition) is 1. The second-order valence-corrected chi connectivity index (χ2v) is 6.17. The molecule has 2 aliphatic rings. The Labute approximate surface area is 103 Å². The van der Waals surface area contributed by atoms with Crippen LogP contribution in [0.25, 0.3) is 0 Å². The molecule has 2 fully saturated rings. The molecular formula is C13H24F2N2. The van der Waals surface area contributed by atoms with Crippen LogP contribution >= 0.6 is 0 Å². The number of alkyl halides is 2. The van der Waals surface area contributed by atoms with Crippen molar-refractivity contribution in [1.29, 1.82) is 0 Å².